The first kappa shape index (κ1) is 18.4. The number of aryl methyl sites for hydroxylation is 2. The van der Waals surface area contributed by atoms with Crippen molar-refractivity contribution in [2.45, 2.75) is 30.2 Å². The van der Waals surface area contributed by atoms with Gasteiger partial charge in [-0.15, -0.1) is 0 Å². The number of H-pyrrole nitrogens is 1. The maximum Gasteiger partial charge on any atom is 0.269 e. The minimum absolute atomic E-state index is 0.0875. The first-order valence-electron chi connectivity index (χ1n) is 9.30. The van der Waals surface area contributed by atoms with Crippen LogP contribution in [0.4, 0.5) is 0 Å². The molecule has 0 atom stereocenters. The van der Waals surface area contributed by atoms with Gasteiger partial charge in [-0.05, 0) is 48.7 Å². The van der Waals surface area contributed by atoms with E-state index < -0.39 is 0 Å². The van der Waals surface area contributed by atoms with Crippen molar-refractivity contribution in [3.8, 4) is 0 Å². The third-order valence-electron chi connectivity index (χ3n) is 4.80. The molecule has 0 aliphatic heterocycles. The third-order valence-corrected chi connectivity index (χ3v) is 5.93. The molecule has 1 amide bonds. The van der Waals surface area contributed by atoms with Gasteiger partial charge >= 0.3 is 0 Å². The Bertz CT molecular complexity index is 1130. The zero-order valence-corrected chi connectivity index (χ0v) is 16.8. The normalized spacial score (nSPS) is 10.9. The van der Waals surface area contributed by atoms with Gasteiger partial charge in [0, 0.05) is 22.3 Å². The van der Waals surface area contributed by atoms with Gasteiger partial charge < -0.3 is 10.3 Å². The van der Waals surface area contributed by atoms with Crippen molar-refractivity contribution in [2.24, 2.45) is 0 Å². The highest BCUT2D eigenvalue weighted by Crippen LogP contribution is 2.37. The zero-order valence-electron chi connectivity index (χ0n) is 16.0. The van der Waals surface area contributed by atoms with E-state index in [1.54, 1.807) is 11.8 Å². The quantitative estimate of drug-likeness (QED) is 0.451. The molecule has 4 aromatic rings. The fraction of sp³-hybridized carbons (Fsp3) is 0.125. The summed E-state index contributed by atoms with van der Waals surface area (Å²) in [6, 6.07) is 24.5. The molecule has 1 heterocycles. The van der Waals surface area contributed by atoms with Gasteiger partial charge in [0.05, 0.1) is 4.90 Å². The molecule has 0 saturated heterocycles. The number of amides is 1. The van der Waals surface area contributed by atoms with Crippen LogP contribution in [0.25, 0.3) is 10.9 Å². The molecule has 0 fully saturated rings. The van der Waals surface area contributed by atoms with Gasteiger partial charge in [0.15, 0.2) is 0 Å². The van der Waals surface area contributed by atoms with E-state index in [4.69, 9.17) is 0 Å². The minimum Gasteiger partial charge on any atom is -0.350 e. The van der Waals surface area contributed by atoms with Gasteiger partial charge in [-0.25, -0.2) is 0 Å². The van der Waals surface area contributed by atoms with Gasteiger partial charge in [-0.3, -0.25) is 4.79 Å². The maximum absolute atomic E-state index is 13.0. The number of fused-ring (bicyclic) bond motifs is 1. The Hall–Kier alpha value is -2.98. The van der Waals surface area contributed by atoms with Crippen LogP contribution in [0.3, 0.4) is 0 Å². The summed E-state index contributed by atoms with van der Waals surface area (Å²) in [4.78, 5) is 18.5. The Labute approximate surface area is 169 Å². The standard InChI is InChI=1S/C24H22N2OS/c1-16-12-13-20-21(14-16)26-22(23(20)28-19-10-4-3-5-11-19)24(27)25-15-18-9-7-6-8-17(18)2/h3-14,26H,15H2,1-2H3,(H,25,27). The predicted molar refractivity (Wildman–Crippen MR) is 116 cm³/mol. The van der Waals surface area contributed by atoms with Crippen LogP contribution in [0.5, 0.6) is 0 Å². The fourth-order valence-electron chi connectivity index (χ4n) is 3.23. The number of benzene rings is 3. The summed E-state index contributed by atoms with van der Waals surface area (Å²) in [6.45, 7) is 4.63. The Morgan fingerprint density at radius 1 is 0.964 bits per heavy atom. The molecule has 0 saturated carbocycles. The molecule has 0 radical (unpaired) electrons. The summed E-state index contributed by atoms with van der Waals surface area (Å²) < 4.78 is 0. The molecule has 2 N–H and O–H groups in total. The van der Waals surface area contributed by atoms with Crippen molar-refractivity contribution >= 4 is 28.6 Å². The molecule has 3 aromatic carbocycles. The van der Waals surface area contributed by atoms with Gasteiger partial charge in [-0.2, -0.15) is 0 Å². The first-order chi connectivity index (χ1) is 13.6. The lowest BCUT2D eigenvalue weighted by Crippen LogP contribution is -2.24. The molecule has 0 bridgehead atoms. The van der Waals surface area contributed by atoms with E-state index in [2.05, 4.69) is 60.5 Å². The fourth-order valence-corrected chi connectivity index (χ4v) is 4.29. The molecule has 0 aliphatic carbocycles. The molecule has 4 rings (SSSR count). The number of carbonyl (C=O) groups excluding carboxylic acids is 1. The molecule has 3 nitrogen and oxygen atoms in total. The van der Waals surface area contributed by atoms with E-state index >= 15 is 0 Å². The number of hydrogen-bond donors (Lipinski definition) is 2. The summed E-state index contributed by atoms with van der Waals surface area (Å²) in [5, 5.41) is 4.14. The first-order valence-corrected chi connectivity index (χ1v) is 10.1. The van der Waals surface area contributed by atoms with Crippen molar-refractivity contribution in [2.75, 3.05) is 0 Å². The Morgan fingerprint density at radius 2 is 1.71 bits per heavy atom. The van der Waals surface area contributed by atoms with Crippen LogP contribution in [0.15, 0.2) is 82.6 Å². The SMILES string of the molecule is Cc1ccc2c(Sc3ccccc3)c(C(=O)NCc3ccccc3C)[nH]c2c1. The van der Waals surface area contributed by atoms with Crippen LogP contribution >= 0.6 is 11.8 Å². The Balaban J connectivity index is 1.67. The van der Waals surface area contributed by atoms with Crippen LogP contribution < -0.4 is 5.32 Å². The molecular formula is C24H22N2OS. The number of carbonyl (C=O) groups is 1. The highest BCUT2D eigenvalue weighted by Gasteiger charge is 2.19. The number of rotatable bonds is 5. The minimum atomic E-state index is -0.0875. The number of aromatic nitrogens is 1. The van der Waals surface area contributed by atoms with Crippen molar-refractivity contribution in [1.29, 1.82) is 0 Å². The maximum atomic E-state index is 13.0. The average molecular weight is 387 g/mol. The monoisotopic (exact) mass is 386 g/mol. The molecule has 0 aliphatic rings. The number of aromatic amines is 1. The molecule has 0 spiro atoms. The van der Waals surface area contributed by atoms with E-state index in [1.807, 2.05) is 36.4 Å². The van der Waals surface area contributed by atoms with Gasteiger partial charge in [-0.1, -0.05) is 66.4 Å². The summed E-state index contributed by atoms with van der Waals surface area (Å²) in [7, 11) is 0. The van der Waals surface area contributed by atoms with E-state index in [0.29, 0.717) is 12.2 Å². The predicted octanol–water partition coefficient (Wildman–Crippen LogP) is 5.87. The van der Waals surface area contributed by atoms with E-state index in [1.165, 1.54) is 5.56 Å². The Kier molecular flexibility index (Phi) is 5.22. The molecule has 140 valence electrons. The summed E-state index contributed by atoms with van der Waals surface area (Å²) in [6.07, 6.45) is 0. The lowest BCUT2D eigenvalue weighted by Gasteiger charge is -2.09. The van der Waals surface area contributed by atoms with E-state index in [0.717, 1.165) is 31.8 Å². The van der Waals surface area contributed by atoms with Gasteiger partial charge in [0.1, 0.15) is 5.69 Å². The molecule has 0 unspecified atom stereocenters. The average Bonchev–Trinajstić information content (AvgIpc) is 3.05. The molecule has 4 heteroatoms. The second-order valence-corrected chi connectivity index (χ2v) is 7.99. The van der Waals surface area contributed by atoms with Crippen molar-refractivity contribution < 1.29 is 4.79 Å². The largest absolute Gasteiger partial charge is 0.350 e. The zero-order chi connectivity index (χ0) is 19.5. The van der Waals surface area contributed by atoms with Crippen LogP contribution in [0.1, 0.15) is 27.2 Å². The summed E-state index contributed by atoms with van der Waals surface area (Å²) >= 11 is 1.62. The van der Waals surface area contributed by atoms with E-state index in [9.17, 15) is 4.79 Å². The van der Waals surface area contributed by atoms with Crippen LogP contribution in [0, 0.1) is 13.8 Å². The van der Waals surface area contributed by atoms with Crippen LogP contribution in [-0.2, 0) is 6.54 Å². The van der Waals surface area contributed by atoms with Gasteiger partial charge in [0.2, 0.25) is 0 Å². The summed E-state index contributed by atoms with van der Waals surface area (Å²) in [5.41, 5.74) is 5.06. The molecule has 28 heavy (non-hydrogen) atoms. The topological polar surface area (TPSA) is 44.9 Å². The highest BCUT2D eigenvalue weighted by molar-refractivity contribution is 7.99. The third kappa shape index (κ3) is 3.82. The second-order valence-electron chi connectivity index (χ2n) is 6.90. The van der Waals surface area contributed by atoms with Gasteiger partial charge in [0.25, 0.3) is 5.91 Å². The lowest BCUT2D eigenvalue weighted by atomic mass is 10.1. The van der Waals surface area contributed by atoms with E-state index in [-0.39, 0.29) is 5.91 Å². The second kappa shape index (κ2) is 7.95. The number of nitrogens with one attached hydrogen (secondary N) is 2. The van der Waals surface area contributed by atoms with Crippen LogP contribution in [0.2, 0.25) is 0 Å². The van der Waals surface area contributed by atoms with Crippen molar-refractivity contribution in [3.05, 3.63) is 95.2 Å². The smallest absolute Gasteiger partial charge is 0.269 e. The van der Waals surface area contributed by atoms with Crippen molar-refractivity contribution in [3.63, 3.8) is 0 Å². The summed E-state index contributed by atoms with van der Waals surface area (Å²) in [5.74, 6) is -0.0875. The lowest BCUT2D eigenvalue weighted by molar-refractivity contribution is 0.0944. The van der Waals surface area contributed by atoms with Crippen LogP contribution in [-0.4, -0.2) is 10.9 Å². The molecular weight excluding hydrogens is 364 g/mol. The Morgan fingerprint density at radius 3 is 2.50 bits per heavy atom. The highest BCUT2D eigenvalue weighted by atomic mass is 32.2. The molecule has 1 aromatic heterocycles. The van der Waals surface area contributed by atoms with Crippen molar-refractivity contribution in [1.82, 2.24) is 10.3 Å². The number of hydrogen-bond acceptors (Lipinski definition) is 2.